The minimum atomic E-state index is -0.0684. The minimum Gasteiger partial charge on any atom is -0.474 e. The smallest absolute Gasteiger partial charge is 0.213 e. The van der Waals surface area contributed by atoms with Crippen LogP contribution in [0.3, 0.4) is 0 Å². The Morgan fingerprint density at radius 2 is 2.19 bits per heavy atom. The molecule has 1 aliphatic carbocycles. The molecule has 26 heavy (non-hydrogen) atoms. The van der Waals surface area contributed by atoms with Crippen LogP contribution in [-0.4, -0.2) is 56.0 Å². The molecule has 2 fully saturated rings. The predicted molar refractivity (Wildman–Crippen MR) is 96.8 cm³/mol. The summed E-state index contributed by atoms with van der Waals surface area (Å²) in [5.74, 6) is 1.73. The van der Waals surface area contributed by atoms with Gasteiger partial charge in [0.2, 0.25) is 5.88 Å². The van der Waals surface area contributed by atoms with Crippen molar-refractivity contribution in [2.45, 2.75) is 63.4 Å². The zero-order chi connectivity index (χ0) is 18.0. The maximum Gasteiger partial charge on any atom is 0.213 e. The molecule has 0 spiro atoms. The van der Waals surface area contributed by atoms with Gasteiger partial charge in [0.1, 0.15) is 18.3 Å². The van der Waals surface area contributed by atoms with Crippen LogP contribution in [0.5, 0.6) is 5.88 Å². The van der Waals surface area contributed by atoms with E-state index in [1.807, 2.05) is 30.0 Å². The van der Waals surface area contributed by atoms with E-state index < -0.39 is 0 Å². The van der Waals surface area contributed by atoms with Gasteiger partial charge in [-0.2, -0.15) is 5.10 Å². The Kier molecular flexibility index (Phi) is 4.91. The van der Waals surface area contributed by atoms with E-state index >= 15 is 0 Å². The largest absolute Gasteiger partial charge is 0.474 e. The predicted octanol–water partition coefficient (Wildman–Crippen LogP) is 2.28. The number of aryl methyl sites for hydroxylation is 1. The van der Waals surface area contributed by atoms with Crippen LogP contribution in [0.4, 0.5) is 0 Å². The lowest BCUT2D eigenvalue weighted by Crippen LogP contribution is -2.52. The maximum absolute atomic E-state index is 6.15. The van der Waals surface area contributed by atoms with Crippen molar-refractivity contribution in [2.24, 2.45) is 0 Å². The molecule has 3 heterocycles. The summed E-state index contributed by atoms with van der Waals surface area (Å²) >= 11 is 0. The molecule has 0 bridgehead atoms. The molecule has 0 radical (unpaired) electrons. The number of rotatable bonds is 6. The highest BCUT2D eigenvalue weighted by Gasteiger charge is 2.51. The maximum atomic E-state index is 6.15. The van der Waals surface area contributed by atoms with Gasteiger partial charge in [0, 0.05) is 44.9 Å². The Hall–Kier alpha value is -1.99. The van der Waals surface area contributed by atoms with E-state index in [1.165, 1.54) is 0 Å². The number of methoxy groups -OCH3 is 1. The second-order valence-electron chi connectivity index (χ2n) is 7.18. The zero-order valence-electron chi connectivity index (χ0n) is 15.5. The topological polar surface area (TPSA) is 65.3 Å². The van der Waals surface area contributed by atoms with Crippen molar-refractivity contribution in [1.29, 1.82) is 0 Å². The number of fused-ring (bicyclic) bond motifs is 1. The average Bonchev–Trinajstić information content (AvgIpc) is 3.28. The Bertz CT molecular complexity index is 722. The molecular weight excluding hydrogens is 330 g/mol. The Morgan fingerprint density at radius 1 is 1.27 bits per heavy atom. The van der Waals surface area contributed by atoms with Gasteiger partial charge in [-0.1, -0.05) is 6.07 Å². The number of hydrogen-bond acceptors (Lipinski definition) is 6. The van der Waals surface area contributed by atoms with Crippen LogP contribution < -0.4 is 4.74 Å². The summed E-state index contributed by atoms with van der Waals surface area (Å²) < 4.78 is 14.2. The highest BCUT2D eigenvalue weighted by molar-refractivity contribution is 5.12. The quantitative estimate of drug-likeness (QED) is 0.790. The van der Waals surface area contributed by atoms with Gasteiger partial charge in [0.05, 0.1) is 12.1 Å². The van der Waals surface area contributed by atoms with Crippen LogP contribution in [0.25, 0.3) is 0 Å². The summed E-state index contributed by atoms with van der Waals surface area (Å²) in [6, 6.07) is 6.13. The number of likely N-dealkylation sites (tertiary alicyclic amines) is 1. The molecule has 1 saturated carbocycles. The minimum absolute atomic E-state index is 0.0684. The van der Waals surface area contributed by atoms with E-state index in [9.17, 15) is 0 Å². The number of nitrogens with zero attached hydrogens (tertiary/aromatic N) is 5. The third-order valence-corrected chi connectivity index (χ3v) is 5.92. The standard InChI is InChI=1S/C19H27N5O2/c1-3-24-17(21-14-22-24)13-23-11-9-19(25-2)8-7-15(12-16(19)23)26-18-6-4-5-10-20-18/h4-6,10,14-16H,3,7-9,11-13H2,1-2H3/t15-,16-,19+/m0/s1. The van der Waals surface area contributed by atoms with E-state index in [2.05, 4.69) is 26.9 Å². The highest BCUT2D eigenvalue weighted by atomic mass is 16.5. The SMILES string of the molecule is CCn1ncnc1CN1CC[C@]2(OC)CC[C@H](Oc3ccccn3)C[C@H]12. The molecule has 4 rings (SSSR count). The molecule has 2 aliphatic rings. The summed E-state index contributed by atoms with van der Waals surface area (Å²) in [6.45, 7) is 4.76. The lowest BCUT2D eigenvalue weighted by Gasteiger charge is -2.43. The molecule has 0 aromatic carbocycles. The summed E-state index contributed by atoms with van der Waals surface area (Å²) in [4.78, 5) is 11.3. The number of aromatic nitrogens is 4. The summed E-state index contributed by atoms with van der Waals surface area (Å²) in [5.41, 5.74) is -0.0684. The molecule has 1 aliphatic heterocycles. The van der Waals surface area contributed by atoms with Crippen molar-refractivity contribution in [2.75, 3.05) is 13.7 Å². The highest BCUT2D eigenvalue weighted by Crippen LogP contribution is 2.43. The average molecular weight is 357 g/mol. The van der Waals surface area contributed by atoms with Gasteiger partial charge in [0.15, 0.2) is 0 Å². The first-order valence-electron chi connectivity index (χ1n) is 9.47. The second kappa shape index (κ2) is 7.32. The third-order valence-electron chi connectivity index (χ3n) is 5.92. The Balaban J connectivity index is 1.49. The van der Waals surface area contributed by atoms with Crippen molar-refractivity contribution in [3.63, 3.8) is 0 Å². The van der Waals surface area contributed by atoms with Gasteiger partial charge in [0.25, 0.3) is 0 Å². The fourth-order valence-electron chi connectivity index (χ4n) is 4.50. The third kappa shape index (κ3) is 3.21. The summed E-state index contributed by atoms with van der Waals surface area (Å²) in [7, 11) is 1.85. The molecule has 1 saturated heterocycles. The normalized spacial score (nSPS) is 28.8. The molecule has 2 aromatic rings. The van der Waals surface area contributed by atoms with Crippen LogP contribution >= 0.6 is 0 Å². The lowest BCUT2D eigenvalue weighted by molar-refractivity contribution is -0.0846. The lowest BCUT2D eigenvalue weighted by atomic mass is 9.79. The van der Waals surface area contributed by atoms with E-state index in [4.69, 9.17) is 9.47 Å². The first-order chi connectivity index (χ1) is 12.7. The van der Waals surface area contributed by atoms with Crippen LogP contribution in [0.1, 0.15) is 38.4 Å². The van der Waals surface area contributed by atoms with Gasteiger partial charge in [-0.05, 0) is 32.3 Å². The zero-order valence-corrected chi connectivity index (χ0v) is 15.5. The molecule has 0 amide bonds. The van der Waals surface area contributed by atoms with Gasteiger partial charge in [-0.3, -0.25) is 4.90 Å². The molecule has 0 N–H and O–H groups in total. The van der Waals surface area contributed by atoms with Crippen LogP contribution in [0, 0.1) is 0 Å². The number of ether oxygens (including phenoxy) is 2. The Morgan fingerprint density at radius 3 is 2.96 bits per heavy atom. The van der Waals surface area contributed by atoms with E-state index in [0.717, 1.165) is 51.1 Å². The van der Waals surface area contributed by atoms with E-state index in [1.54, 1.807) is 12.5 Å². The molecule has 2 aromatic heterocycles. The van der Waals surface area contributed by atoms with Crippen LogP contribution in [-0.2, 0) is 17.8 Å². The van der Waals surface area contributed by atoms with Crippen molar-refractivity contribution in [3.05, 3.63) is 36.5 Å². The van der Waals surface area contributed by atoms with Crippen LogP contribution in [0.15, 0.2) is 30.7 Å². The van der Waals surface area contributed by atoms with Gasteiger partial charge >= 0.3 is 0 Å². The fraction of sp³-hybridized carbons (Fsp3) is 0.632. The molecule has 7 nitrogen and oxygen atoms in total. The molecule has 140 valence electrons. The molecule has 3 atom stereocenters. The first-order valence-corrected chi connectivity index (χ1v) is 9.47. The molecular formula is C19H27N5O2. The summed E-state index contributed by atoms with van der Waals surface area (Å²) in [6.07, 6.45) is 7.62. The fourth-order valence-corrected chi connectivity index (χ4v) is 4.50. The van der Waals surface area contributed by atoms with E-state index in [-0.39, 0.29) is 11.7 Å². The van der Waals surface area contributed by atoms with Crippen molar-refractivity contribution in [3.8, 4) is 5.88 Å². The second-order valence-corrected chi connectivity index (χ2v) is 7.18. The number of pyridine rings is 1. The first kappa shape index (κ1) is 17.4. The van der Waals surface area contributed by atoms with Crippen molar-refractivity contribution >= 4 is 0 Å². The van der Waals surface area contributed by atoms with Gasteiger partial charge in [-0.25, -0.2) is 14.6 Å². The number of hydrogen-bond donors (Lipinski definition) is 0. The van der Waals surface area contributed by atoms with Gasteiger partial charge < -0.3 is 9.47 Å². The molecule has 7 heteroatoms. The molecule has 0 unspecified atom stereocenters. The monoisotopic (exact) mass is 357 g/mol. The summed E-state index contributed by atoms with van der Waals surface area (Å²) in [5, 5.41) is 4.30. The van der Waals surface area contributed by atoms with Crippen molar-refractivity contribution < 1.29 is 9.47 Å². The van der Waals surface area contributed by atoms with Gasteiger partial charge in [-0.15, -0.1) is 0 Å². The van der Waals surface area contributed by atoms with E-state index in [0.29, 0.717) is 11.9 Å². The Labute approximate surface area is 154 Å². The van der Waals surface area contributed by atoms with Crippen LogP contribution in [0.2, 0.25) is 0 Å². The van der Waals surface area contributed by atoms with Crippen molar-refractivity contribution in [1.82, 2.24) is 24.6 Å².